The fourth-order valence-corrected chi connectivity index (χ4v) is 2.70. The minimum absolute atomic E-state index is 0.655. The molecule has 0 spiro atoms. The van der Waals surface area contributed by atoms with E-state index in [1.807, 2.05) is 24.3 Å². The molecule has 154 valence electrons. The van der Waals surface area contributed by atoms with Crippen LogP contribution in [0.4, 0.5) is 0 Å². The molecule has 0 saturated carbocycles. The maximum absolute atomic E-state index is 5.78. The molecule has 1 aromatic carbocycles. The van der Waals surface area contributed by atoms with Gasteiger partial charge in [0, 0.05) is 18.8 Å². The highest BCUT2D eigenvalue weighted by molar-refractivity contribution is 5.56. The predicted molar refractivity (Wildman–Crippen MR) is 113 cm³/mol. The summed E-state index contributed by atoms with van der Waals surface area (Å²) in [6.45, 7) is 7.39. The van der Waals surface area contributed by atoms with Crippen LogP contribution in [-0.4, -0.2) is 36.4 Å². The minimum atomic E-state index is 0.655. The molecular weight excluding hydrogens is 352 g/mol. The smallest absolute Gasteiger partial charge is 0.159 e. The second-order valence-electron chi connectivity index (χ2n) is 6.84. The summed E-state index contributed by atoms with van der Waals surface area (Å²) in [4.78, 5) is 8.82. The van der Waals surface area contributed by atoms with Crippen LogP contribution in [0.25, 0.3) is 11.4 Å². The molecule has 2 aromatic rings. The van der Waals surface area contributed by atoms with E-state index >= 15 is 0 Å². The van der Waals surface area contributed by atoms with Gasteiger partial charge < -0.3 is 14.2 Å². The van der Waals surface area contributed by atoms with Crippen molar-refractivity contribution in [2.45, 2.75) is 58.8 Å². The first-order valence-electron chi connectivity index (χ1n) is 10.6. The van der Waals surface area contributed by atoms with Crippen molar-refractivity contribution in [2.75, 3.05) is 26.4 Å². The normalized spacial score (nSPS) is 10.8. The van der Waals surface area contributed by atoms with Crippen molar-refractivity contribution in [3.8, 4) is 22.9 Å². The Morgan fingerprint density at radius 1 is 0.643 bits per heavy atom. The van der Waals surface area contributed by atoms with Gasteiger partial charge in [-0.3, -0.25) is 0 Å². The van der Waals surface area contributed by atoms with Gasteiger partial charge in [-0.25, -0.2) is 9.97 Å². The summed E-state index contributed by atoms with van der Waals surface area (Å²) >= 11 is 0. The monoisotopic (exact) mass is 386 g/mol. The Morgan fingerprint density at radius 2 is 1.29 bits per heavy atom. The number of nitrogens with zero attached hydrogens (tertiary/aromatic N) is 2. The number of hydrogen-bond acceptors (Lipinski definition) is 5. The molecule has 28 heavy (non-hydrogen) atoms. The van der Waals surface area contributed by atoms with Gasteiger partial charge >= 0.3 is 0 Å². The molecule has 0 aliphatic carbocycles. The van der Waals surface area contributed by atoms with Gasteiger partial charge in [0.05, 0.1) is 25.6 Å². The molecule has 0 bridgehead atoms. The van der Waals surface area contributed by atoms with Gasteiger partial charge in [0.2, 0.25) is 0 Å². The van der Waals surface area contributed by atoms with Crippen LogP contribution in [0.3, 0.4) is 0 Å². The Hall–Kier alpha value is -2.14. The molecule has 0 fully saturated rings. The standard InChI is InChI=1S/C23H34N2O3/c1-3-5-6-7-16-27-21-12-10-20(11-13-21)23-24-18-22(19-25-23)28-17-9-8-15-26-14-4-2/h10-13,18-19H,3-9,14-17H2,1-2H3. The van der Waals surface area contributed by atoms with Crippen molar-refractivity contribution >= 4 is 0 Å². The van der Waals surface area contributed by atoms with Crippen LogP contribution >= 0.6 is 0 Å². The lowest BCUT2D eigenvalue weighted by Gasteiger charge is -2.08. The zero-order chi connectivity index (χ0) is 19.9. The molecule has 5 heteroatoms. The van der Waals surface area contributed by atoms with Crippen molar-refractivity contribution in [2.24, 2.45) is 0 Å². The Labute approximate surface area is 169 Å². The van der Waals surface area contributed by atoms with Crippen LogP contribution in [0, 0.1) is 0 Å². The van der Waals surface area contributed by atoms with Crippen LogP contribution in [0.5, 0.6) is 11.5 Å². The molecule has 0 N–H and O–H groups in total. The van der Waals surface area contributed by atoms with Crippen molar-refractivity contribution in [3.63, 3.8) is 0 Å². The second kappa shape index (κ2) is 13.9. The van der Waals surface area contributed by atoms with E-state index < -0.39 is 0 Å². The topological polar surface area (TPSA) is 53.5 Å². The SMILES string of the molecule is CCCCCCOc1ccc(-c2ncc(OCCCCOCCC)cn2)cc1. The van der Waals surface area contributed by atoms with E-state index in [0.717, 1.165) is 56.8 Å². The molecule has 1 aromatic heterocycles. The van der Waals surface area contributed by atoms with Crippen LogP contribution < -0.4 is 9.47 Å². The lowest BCUT2D eigenvalue weighted by molar-refractivity contribution is 0.127. The predicted octanol–water partition coefficient (Wildman–Crippen LogP) is 5.69. The van der Waals surface area contributed by atoms with Crippen molar-refractivity contribution in [1.29, 1.82) is 0 Å². The summed E-state index contributed by atoms with van der Waals surface area (Å²) in [6, 6.07) is 7.94. The first-order valence-corrected chi connectivity index (χ1v) is 10.6. The molecule has 5 nitrogen and oxygen atoms in total. The fraction of sp³-hybridized carbons (Fsp3) is 0.565. The van der Waals surface area contributed by atoms with Gasteiger partial charge in [-0.15, -0.1) is 0 Å². The zero-order valence-corrected chi connectivity index (χ0v) is 17.4. The van der Waals surface area contributed by atoms with Gasteiger partial charge in [0.15, 0.2) is 11.6 Å². The fourth-order valence-electron chi connectivity index (χ4n) is 2.70. The van der Waals surface area contributed by atoms with Crippen molar-refractivity contribution in [1.82, 2.24) is 9.97 Å². The molecule has 0 amide bonds. The Bertz CT molecular complexity index is 629. The number of unbranched alkanes of at least 4 members (excludes halogenated alkanes) is 4. The second-order valence-corrected chi connectivity index (χ2v) is 6.84. The average Bonchev–Trinajstić information content (AvgIpc) is 2.74. The van der Waals surface area contributed by atoms with E-state index in [0.29, 0.717) is 18.2 Å². The first-order chi connectivity index (χ1) is 13.8. The molecule has 0 unspecified atom stereocenters. The molecule has 0 atom stereocenters. The highest BCUT2D eigenvalue weighted by Gasteiger charge is 2.03. The lowest BCUT2D eigenvalue weighted by atomic mass is 10.2. The van der Waals surface area contributed by atoms with Crippen molar-refractivity contribution < 1.29 is 14.2 Å². The molecule has 2 rings (SSSR count). The molecular formula is C23H34N2O3. The van der Waals surface area contributed by atoms with E-state index in [2.05, 4.69) is 23.8 Å². The van der Waals surface area contributed by atoms with Gasteiger partial charge in [0.25, 0.3) is 0 Å². The minimum Gasteiger partial charge on any atom is -0.494 e. The zero-order valence-electron chi connectivity index (χ0n) is 17.4. The number of aromatic nitrogens is 2. The Kier molecular flexibility index (Phi) is 11.0. The van der Waals surface area contributed by atoms with Crippen LogP contribution in [-0.2, 0) is 4.74 Å². The van der Waals surface area contributed by atoms with Gasteiger partial charge in [-0.2, -0.15) is 0 Å². The number of rotatable bonds is 15. The summed E-state index contributed by atoms with van der Waals surface area (Å²) in [5.74, 6) is 2.28. The summed E-state index contributed by atoms with van der Waals surface area (Å²) in [6.07, 6.45) is 11.3. The van der Waals surface area contributed by atoms with Gasteiger partial charge in [-0.05, 0) is 49.9 Å². The highest BCUT2D eigenvalue weighted by Crippen LogP contribution is 2.20. The molecule has 0 aliphatic heterocycles. The molecule has 0 saturated heterocycles. The summed E-state index contributed by atoms with van der Waals surface area (Å²) < 4.78 is 16.9. The van der Waals surface area contributed by atoms with Gasteiger partial charge in [-0.1, -0.05) is 33.1 Å². The van der Waals surface area contributed by atoms with Gasteiger partial charge in [0.1, 0.15) is 5.75 Å². The molecule has 0 aliphatic rings. The molecule has 0 radical (unpaired) electrons. The maximum Gasteiger partial charge on any atom is 0.159 e. The largest absolute Gasteiger partial charge is 0.494 e. The van der Waals surface area contributed by atoms with E-state index in [1.54, 1.807) is 12.4 Å². The highest BCUT2D eigenvalue weighted by atomic mass is 16.5. The third-order valence-corrected chi connectivity index (χ3v) is 4.31. The third-order valence-electron chi connectivity index (χ3n) is 4.31. The third kappa shape index (κ3) is 8.70. The number of benzene rings is 1. The summed E-state index contributed by atoms with van der Waals surface area (Å²) in [5.41, 5.74) is 0.970. The Morgan fingerprint density at radius 3 is 1.96 bits per heavy atom. The van der Waals surface area contributed by atoms with E-state index in [1.165, 1.54) is 19.3 Å². The number of ether oxygens (including phenoxy) is 3. The summed E-state index contributed by atoms with van der Waals surface area (Å²) in [5, 5.41) is 0. The maximum atomic E-state index is 5.78. The first kappa shape index (κ1) is 22.2. The Balaban J connectivity index is 1.70. The molecule has 1 heterocycles. The summed E-state index contributed by atoms with van der Waals surface area (Å²) in [7, 11) is 0. The van der Waals surface area contributed by atoms with Crippen LogP contribution in [0.15, 0.2) is 36.7 Å². The van der Waals surface area contributed by atoms with Crippen LogP contribution in [0.1, 0.15) is 58.8 Å². The van der Waals surface area contributed by atoms with E-state index in [4.69, 9.17) is 14.2 Å². The van der Waals surface area contributed by atoms with Crippen molar-refractivity contribution in [3.05, 3.63) is 36.7 Å². The number of hydrogen-bond donors (Lipinski definition) is 0. The quantitative estimate of drug-likeness (QED) is 0.368. The average molecular weight is 387 g/mol. The van der Waals surface area contributed by atoms with Crippen LogP contribution in [0.2, 0.25) is 0 Å². The van der Waals surface area contributed by atoms with E-state index in [9.17, 15) is 0 Å². The lowest BCUT2D eigenvalue weighted by Crippen LogP contribution is -2.02. The van der Waals surface area contributed by atoms with E-state index in [-0.39, 0.29) is 0 Å².